The molecule has 0 saturated carbocycles. The summed E-state index contributed by atoms with van der Waals surface area (Å²) in [6.07, 6.45) is -0.441. The molecule has 2 unspecified atom stereocenters. The Morgan fingerprint density at radius 3 is 2.41 bits per heavy atom. The normalized spacial score (nSPS) is 14.9. The summed E-state index contributed by atoms with van der Waals surface area (Å²) in [4.78, 5) is 2.15. The van der Waals surface area contributed by atoms with E-state index in [9.17, 15) is 5.11 Å². The number of rotatable bonds is 7. The summed E-state index contributed by atoms with van der Waals surface area (Å²) in [6.45, 7) is 6.64. The van der Waals surface area contributed by atoms with Gasteiger partial charge in [0, 0.05) is 13.1 Å². The lowest BCUT2D eigenvalue weighted by Crippen LogP contribution is -2.33. The summed E-state index contributed by atoms with van der Waals surface area (Å²) in [5.74, 6) is 0.156. The SMILES string of the molecule is CCN(CCO)CC(C)C(O)c1ccccc1. The van der Waals surface area contributed by atoms with Gasteiger partial charge in [0.15, 0.2) is 0 Å². The third-order valence-corrected chi connectivity index (χ3v) is 3.09. The summed E-state index contributed by atoms with van der Waals surface area (Å²) >= 11 is 0. The van der Waals surface area contributed by atoms with Crippen molar-refractivity contribution in [3.05, 3.63) is 35.9 Å². The van der Waals surface area contributed by atoms with Crippen LogP contribution in [0.2, 0.25) is 0 Å². The molecular formula is C14H23NO2. The molecule has 1 rings (SSSR count). The van der Waals surface area contributed by atoms with E-state index in [0.717, 1.165) is 18.7 Å². The highest BCUT2D eigenvalue weighted by Crippen LogP contribution is 2.22. The molecule has 1 aromatic rings. The summed E-state index contributed by atoms with van der Waals surface area (Å²) in [5.41, 5.74) is 0.958. The zero-order chi connectivity index (χ0) is 12.7. The van der Waals surface area contributed by atoms with E-state index in [2.05, 4.69) is 11.8 Å². The maximum Gasteiger partial charge on any atom is 0.0827 e. The zero-order valence-electron chi connectivity index (χ0n) is 10.7. The Bertz CT molecular complexity index is 302. The van der Waals surface area contributed by atoms with Crippen LogP contribution in [0.15, 0.2) is 30.3 Å². The fraction of sp³-hybridized carbons (Fsp3) is 0.571. The van der Waals surface area contributed by atoms with Gasteiger partial charge in [0.2, 0.25) is 0 Å². The molecule has 0 heterocycles. The van der Waals surface area contributed by atoms with E-state index in [1.807, 2.05) is 37.3 Å². The molecule has 17 heavy (non-hydrogen) atoms. The maximum atomic E-state index is 10.2. The van der Waals surface area contributed by atoms with Gasteiger partial charge >= 0.3 is 0 Å². The van der Waals surface area contributed by atoms with Crippen molar-refractivity contribution in [2.75, 3.05) is 26.2 Å². The second-order valence-corrected chi connectivity index (χ2v) is 4.45. The molecule has 0 bridgehead atoms. The molecule has 0 aliphatic rings. The van der Waals surface area contributed by atoms with Gasteiger partial charge in [-0.25, -0.2) is 0 Å². The van der Waals surface area contributed by atoms with Gasteiger partial charge in [-0.1, -0.05) is 44.2 Å². The van der Waals surface area contributed by atoms with Crippen LogP contribution in [0.1, 0.15) is 25.5 Å². The van der Waals surface area contributed by atoms with E-state index in [0.29, 0.717) is 6.54 Å². The first kappa shape index (κ1) is 14.2. The minimum atomic E-state index is -0.441. The highest BCUT2D eigenvalue weighted by molar-refractivity contribution is 5.17. The van der Waals surface area contributed by atoms with E-state index in [4.69, 9.17) is 5.11 Å². The van der Waals surface area contributed by atoms with E-state index in [1.54, 1.807) is 0 Å². The first-order valence-corrected chi connectivity index (χ1v) is 6.25. The molecule has 2 N–H and O–H groups in total. The van der Waals surface area contributed by atoms with Gasteiger partial charge in [-0.3, -0.25) is 0 Å². The van der Waals surface area contributed by atoms with Crippen molar-refractivity contribution in [1.82, 2.24) is 4.90 Å². The number of aliphatic hydroxyl groups excluding tert-OH is 2. The minimum absolute atomic E-state index is 0.156. The summed E-state index contributed by atoms with van der Waals surface area (Å²) in [7, 11) is 0. The van der Waals surface area contributed by atoms with Crippen LogP contribution in [0.4, 0.5) is 0 Å². The number of likely N-dealkylation sites (N-methyl/N-ethyl adjacent to an activating group) is 1. The quantitative estimate of drug-likeness (QED) is 0.758. The van der Waals surface area contributed by atoms with Crippen LogP contribution in [-0.4, -0.2) is 41.4 Å². The van der Waals surface area contributed by atoms with Crippen molar-refractivity contribution in [3.8, 4) is 0 Å². The van der Waals surface area contributed by atoms with Gasteiger partial charge in [0.05, 0.1) is 12.7 Å². The van der Waals surface area contributed by atoms with Gasteiger partial charge in [-0.05, 0) is 18.0 Å². The Kier molecular flexibility index (Phi) is 6.19. The van der Waals surface area contributed by atoms with Gasteiger partial charge in [-0.15, -0.1) is 0 Å². The monoisotopic (exact) mass is 237 g/mol. The Balaban J connectivity index is 2.54. The van der Waals surface area contributed by atoms with Crippen LogP contribution in [0.5, 0.6) is 0 Å². The van der Waals surface area contributed by atoms with Crippen LogP contribution >= 0.6 is 0 Å². The Morgan fingerprint density at radius 1 is 1.24 bits per heavy atom. The molecule has 0 radical (unpaired) electrons. The van der Waals surface area contributed by atoms with Gasteiger partial charge in [-0.2, -0.15) is 0 Å². The van der Waals surface area contributed by atoms with Crippen molar-refractivity contribution in [2.45, 2.75) is 20.0 Å². The first-order valence-electron chi connectivity index (χ1n) is 6.25. The third kappa shape index (κ3) is 4.46. The number of hydrogen-bond donors (Lipinski definition) is 2. The number of benzene rings is 1. The molecule has 0 aliphatic carbocycles. The second kappa shape index (κ2) is 7.43. The van der Waals surface area contributed by atoms with E-state index < -0.39 is 6.10 Å². The molecule has 0 saturated heterocycles. The smallest absolute Gasteiger partial charge is 0.0827 e. The standard InChI is InChI=1S/C14H23NO2/c1-3-15(9-10-16)11-12(2)14(17)13-7-5-4-6-8-13/h4-8,12,14,16-17H,3,9-11H2,1-2H3. The second-order valence-electron chi connectivity index (χ2n) is 4.45. The van der Waals surface area contributed by atoms with Gasteiger partial charge < -0.3 is 15.1 Å². The zero-order valence-corrected chi connectivity index (χ0v) is 10.7. The van der Waals surface area contributed by atoms with Gasteiger partial charge in [0.25, 0.3) is 0 Å². The average Bonchev–Trinajstić information content (AvgIpc) is 2.38. The highest BCUT2D eigenvalue weighted by Gasteiger charge is 2.18. The number of aliphatic hydroxyl groups is 2. The van der Waals surface area contributed by atoms with Crippen molar-refractivity contribution in [2.24, 2.45) is 5.92 Å². The van der Waals surface area contributed by atoms with Crippen LogP contribution in [0, 0.1) is 5.92 Å². The Labute approximate surface area is 104 Å². The fourth-order valence-electron chi connectivity index (χ4n) is 2.01. The molecule has 3 nitrogen and oxygen atoms in total. The number of nitrogens with zero attached hydrogens (tertiary/aromatic N) is 1. The molecule has 0 aromatic heterocycles. The lowest BCUT2D eigenvalue weighted by atomic mass is 9.97. The average molecular weight is 237 g/mol. The summed E-state index contributed by atoms with van der Waals surface area (Å²) in [6, 6.07) is 9.73. The summed E-state index contributed by atoms with van der Waals surface area (Å²) in [5, 5.41) is 19.1. The molecule has 0 fully saturated rings. The predicted octanol–water partition coefficient (Wildman–Crippen LogP) is 1.67. The minimum Gasteiger partial charge on any atom is -0.395 e. The maximum absolute atomic E-state index is 10.2. The van der Waals surface area contributed by atoms with Crippen molar-refractivity contribution >= 4 is 0 Å². The molecule has 2 atom stereocenters. The van der Waals surface area contributed by atoms with Gasteiger partial charge in [0.1, 0.15) is 0 Å². The van der Waals surface area contributed by atoms with Crippen LogP contribution in [0.25, 0.3) is 0 Å². The van der Waals surface area contributed by atoms with E-state index in [-0.39, 0.29) is 12.5 Å². The van der Waals surface area contributed by atoms with Crippen molar-refractivity contribution in [1.29, 1.82) is 0 Å². The largest absolute Gasteiger partial charge is 0.395 e. The third-order valence-electron chi connectivity index (χ3n) is 3.09. The van der Waals surface area contributed by atoms with Crippen LogP contribution in [0.3, 0.4) is 0 Å². The molecule has 0 aliphatic heterocycles. The van der Waals surface area contributed by atoms with E-state index >= 15 is 0 Å². The Morgan fingerprint density at radius 2 is 1.88 bits per heavy atom. The molecule has 0 spiro atoms. The lowest BCUT2D eigenvalue weighted by molar-refractivity contribution is 0.0834. The highest BCUT2D eigenvalue weighted by atomic mass is 16.3. The van der Waals surface area contributed by atoms with E-state index in [1.165, 1.54) is 0 Å². The molecular weight excluding hydrogens is 214 g/mol. The molecule has 1 aromatic carbocycles. The van der Waals surface area contributed by atoms with Crippen LogP contribution < -0.4 is 0 Å². The fourth-order valence-corrected chi connectivity index (χ4v) is 2.01. The van der Waals surface area contributed by atoms with Crippen molar-refractivity contribution < 1.29 is 10.2 Å². The number of hydrogen-bond acceptors (Lipinski definition) is 3. The molecule has 0 amide bonds. The topological polar surface area (TPSA) is 43.7 Å². The van der Waals surface area contributed by atoms with Crippen molar-refractivity contribution in [3.63, 3.8) is 0 Å². The first-order chi connectivity index (χ1) is 8.19. The Hall–Kier alpha value is -0.900. The lowest BCUT2D eigenvalue weighted by Gasteiger charge is -2.26. The molecule has 3 heteroatoms. The summed E-state index contributed by atoms with van der Waals surface area (Å²) < 4.78 is 0. The molecule has 96 valence electrons. The predicted molar refractivity (Wildman–Crippen MR) is 69.8 cm³/mol. The van der Waals surface area contributed by atoms with Crippen LogP contribution in [-0.2, 0) is 0 Å².